The van der Waals surface area contributed by atoms with E-state index in [0.29, 0.717) is 0 Å². The van der Waals surface area contributed by atoms with Crippen molar-refractivity contribution in [2.75, 3.05) is 0 Å². The van der Waals surface area contributed by atoms with Crippen molar-refractivity contribution in [1.82, 2.24) is 0 Å². The van der Waals surface area contributed by atoms with Gasteiger partial charge in [-0.2, -0.15) is 4.39 Å². The van der Waals surface area contributed by atoms with E-state index in [0.717, 1.165) is 12.8 Å². The normalized spacial score (nSPS) is 12.0. The molecule has 0 N–H and O–H groups in total. The Balaban J connectivity index is 0. The topological polar surface area (TPSA) is 0 Å². The molecule has 0 fully saturated rings. The minimum Gasteiger partial charge on any atom is -0.208 e. The van der Waals surface area contributed by atoms with Crippen LogP contribution in [0.25, 0.3) is 0 Å². The van der Waals surface area contributed by atoms with Crippen LogP contribution in [-0.2, 0) is 19.5 Å². The van der Waals surface area contributed by atoms with Gasteiger partial charge in [0.1, 0.15) is 5.83 Å². The fourth-order valence-electron chi connectivity index (χ4n) is 0.426. The van der Waals surface area contributed by atoms with E-state index in [1.54, 1.807) is 0 Å². The SMILES string of the molecule is CCCC/C(F)=C(\F)I.[Zn+2]. The van der Waals surface area contributed by atoms with Gasteiger partial charge in [-0.3, -0.25) is 0 Å². The Morgan fingerprint density at radius 3 is 2.20 bits per heavy atom. The van der Waals surface area contributed by atoms with Crippen LogP contribution in [-0.4, -0.2) is 0 Å². The number of allylic oxidation sites excluding steroid dienone is 1. The summed E-state index contributed by atoms with van der Waals surface area (Å²) in [5.74, 6) is -0.613. The van der Waals surface area contributed by atoms with Crippen molar-refractivity contribution >= 4 is 22.6 Å². The standard InChI is InChI=1S/C6H9F2I.Zn/c1-2-3-4-5(7)6(8)9;/h2-4H2,1H3;/q;+2/b6-5-;. The van der Waals surface area contributed by atoms with Gasteiger partial charge in [0.25, 0.3) is 0 Å². The third kappa shape index (κ3) is 7.07. The molecule has 0 amide bonds. The fraction of sp³-hybridized carbons (Fsp3) is 0.667. The monoisotopic (exact) mass is 310 g/mol. The minimum absolute atomic E-state index is 0. The quantitative estimate of drug-likeness (QED) is 0.550. The van der Waals surface area contributed by atoms with Crippen LogP contribution >= 0.6 is 22.6 Å². The maximum absolute atomic E-state index is 12.2. The Morgan fingerprint density at radius 1 is 1.40 bits per heavy atom. The smallest absolute Gasteiger partial charge is 0.208 e. The van der Waals surface area contributed by atoms with E-state index >= 15 is 0 Å². The molecule has 0 unspecified atom stereocenters. The number of halogens is 3. The van der Waals surface area contributed by atoms with Crippen molar-refractivity contribution in [3.05, 3.63) is 9.66 Å². The molecule has 4 heteroatoms. The molecule has 10 heavy (non-hydrogen) atoms. The second-order valence-electron chi connectivity index (χ2n) is 1.77. The summed E-state index contributed by atoms with van der Waals surface area (Å²) in [5.41, 5.74) is 0. The van der Waals surface area contributed by atoms with Crippen molar-refractivity contribution in [2.45, 2.75) is 26.2 Å². The van der Waals surface area contributed by atoms with E-state index in [9.17, 15) is 8.78 Å². The Labute approximate surface area is 86.4 Å². The third-order valence-corrected chi connectivity index (χ3v) is 1.54. The molecule has 0 aromatic carbocycles. The molecule has 0 atom stereocenters. The Kier molecular flexibility index (Phi) is 10.9. The first-order valence-electron chi connectivity index (χ1n) is 2.88. The van der Waals surface area contributed by atoms with Gasteiger partial charge in [0, 0.05) is 6.42 Å². The zero-order valence-corrected chi connectivity index (χ0v) is 11.1. The number of rotatable bonds is 3. The molecule has 0 aliphatic heterocycles. The largest absolute Gasteiger partial charge is 2.00 e. The molecule has 0 heterocycles. The first-order valence-corrected chi connectivity index (χ1v) is 3.96. The molecule has 0 aromatic rings. The van der Waals surface area contributed by atoms with Crippen molar-refractivity contribution in [2.24, 2.45) is 0 Å². The molecule has 0 saturated carbocycles. The van der Waals surface area contributed by atoms with Crippen LogP contribution in [0.5, 0.6) is 0 Å². The predicted octanol–water partition coefficient (Wildman–Crippen LogP) is 3.72. The van der Waals surface area contributed by atoms with E-state index in [1.165, 1.54) is 22.6 Å². The summed E-state index contributed by atoms with van der Waals surface area (Å²) in [5, 5.41) is 0. The summed E-state index contributed by atoms with van der Waals surface area (Å²) >= 11 is 1.35. The second kappa shape index (κ2) is 8.05. The predicted molar refractivity (Wildman–Crippen MR) is 42.8 cm³/mol. The van der Waals surface area contributed by atoms with Gasteiger partial charge in [0.2, 0.25) is 0 Å². The van der Waals surface area contributed by atoms with Crippen LogP contribution in [0, 0.1) is 0 Å². The summed E-state index contributed by atoms with van der Waals surface area (Å²) in [6, 6.07) is 0. The van der Waals surface area contributed by atoms with Gasteiger partial charge in [0.05, 0.1) is 0 Å². The Hall–Kier alpha value is 0.953. The molecular weight excluding hydrogens is 302 g/mol. The zero-order chi connectivity index (χ0) is 7.28. The average molecular weight is 311 g/mol. The van der Waals surface area contributed by atoms with Gasteiger partial charge in [-0.05, 0) is 29.0 Å². The first kappa shape index (κ1) is 13.5. The summed E-state index contributed by atoms with van der Waals surface area (Å²) in [4.78, 5) is 0. The molecule has 0 saturated heterocycles. The fourth-order valence-corrected chi connectivity index (χ4v) is 0.696. The van der Waals surface area contributed by atoms with Gasteiger partial charge < -0.3 is 0 Å². The van der Waals surface area contributed by atoms with E-state index in [1.807, 2.05) is 6.92 Å². The number of unbranched alkanes of at least 4 members (excludes halogenated alkanes) is 1. The van der Waals surface area contributed by atoms with E-state index in [2.05, 4.69) is 0 Å². The zero-order valence-electron chi connectivity index (χ0n) is 5.96. The molecule has 54 valence electrons. The maximum atomic E-state index is 12.2. The molecule has 0 rings (SSSR count). The molecular formula is C6H9F2IZn+2. The van der Waals surface area contributed by atoms with E-state index in [-0.39, 0.29) is 25.9 Å². The van der Waals surface area contributed by atoms with Crippen molar-refractivity contribution in [1.29, 1.82) is 0 Å². The van der Waals surface area contributed by atoms with Gasteiger partial charge in [-0.15, -0.1) is 0 Å². The summed E-state index contributed by atoms with van der Waals surface area (Å²) < 4.78 is 23.4. The molecule has 0 aliphatic carbocycles. The molecule has 0 aliphatic rings. The first-order chi connectivity index (χ1) is 4.18. The second-order valence-corrected chi connectivity index (χ2v) is 2.72. The van der Waals surface area contributed by atoms with Crippen LogP contribution in [0.15, 0.2) is 9.66 Å². The van der Waals surface area contributed by atoms with Gasteiger partial charge in [-0.1, -0.05) is 13.3 Å². The van der Waals surface area contributed by atoms with E-state index < -0.39 is 9.66 Å². The van der Waals surface area contributed by atoms with Crippen LogP contribution in [0.3, 0.4) is 0 Å². The van der Waals surface area contributed by atoms with Crippen LogP contribution in [0.4, 0.5) is 8.78 Å². The summed E-state index contributed by atoms with van der Waals surface area (Å²) in [7, 11) is 0. The van der Waals surface area contributed by atoms with E-state index in [4.69, 9.17) is 0 Å². The van der Waals surface area contributed by atoms with Gasteiger partial charge in [0.15, 0.2) is 3.83 Å². The van der Waals surface area contributed by atoms with Crippen molar-refractivity contribution in [3.8, 4) is 0 Å². The molecule has 0 radical (unpaired) electrons. The van der Waals surface area contributed by atoms with Crippen LogP contribution in [0.1, 0.15) is 26.2 Å². The molecule has 0 nitrogen and oxygen atoms in total. The maximum Gasteiger partial charge on any atom is 2.00 e. The van der Waals surface area contributed by atoms with Crippen molar-refractivity contribution < 1.29 is 28.3 Å². The molecule has 0 bridgehead atoms. The number of hydrogen-bond donors (Lipinski definition) is 0. The van der Waals surface area contributed by atoms with Gasteiger partial charge >= 0.3 is 19.5 Å². The summed E-state index contributed by atoms with van der Waals surface area (Å²) in [6.45, 7) is 1.94. The minimum atomic E-state index is -0.707. The average Bonchev–Trinajstić information content (AvgIpc) is 1.82. The summed E-state index contributed by atoms with van der Waals surface area (Å²) in [6.07, 6.45) is 1.87. The van der Waals surface area contributed by atoms with Crippen LogP contribution in [0.2, 0.25) is 0 Å². The van der Waals surface area contributed by atoms with Crippen LogP contribution < -0.4 is 0 Å². The third-order valence-electron chi connectivity index (χ3n) is 0.955. The molecule has 0 aromatic heterocycles. The Bertz CT molecular complexity index is 110. The molecule has 0 spiro atoms. The van der Waals surface area contributed by atoms with Crippen molar-refractivity contribution in [3.63, 3.8) is 0 Å². The Morgan fingerprint density at radius 2 is 1.90 bits per heavy atom. The number of hydrogen-bond acceptors (Lipinski definition) is 0. The van der Waals surface area contributed by atoms with Gasteiger partial charge in [-0.25, -0.2) is 4.39 Å².